The summed E-state index contributed by atoms with van der Waals surface area (Å²) in [7, 11) is 0. The molecular weight excluding hydrogens is 566 g/mol. The Morgan fingerprint density at radius 2 is 0.891 bits per heavy atom. The van der Waals surface area contributed by atoms with E-state index in [9.17, 15) is 9.90 Å². The van der Waals surface area contributed by atoms with Crippen LogP contribution in [0.3, 0.4) is 0 Å². The van der Waals surface area contributed by atoms with Crippen LogP contribution in [0.2, 0.25) is 0 Å². The lowest BCUT2D eigenvalue weighted by molar-refractivity contribution is -0.149. The summed E-state index contributed by atoms with van der Waals surface area (Å²) in [5.41, 5.74) is 0. The molecule has 0 saturated heterocycles. The van der Waals surface area contributed by atoms with Crippen LogP contribution in [0.5, 0.6) is 0 Å². The molecule has 0 heterocycles. The van der Waals surface area contributed by atoms with Gasteiger partial charge in [-0.15, -0.1) is 0 Å². The van der Waals surface area contributed by atoms with Gasteiger partial charge < -0.3 is 14.7 Å². The summed E-state index contributed by atoms with van der Waals surface area (Å²) in [6.45, 7) is 11.8. The van der Waals surface area contributed by atoms with Crippen LogP contribution in [0.25, 0.3) is 0 Å². The lowest BCUT2D eigenvalue weighted by Gasteiger charge is -2.21. The fraction of sp³-hybridized carbons (Fsp3) is 0.976. The maximum absolute atomic E-state index is 12.5. The zero-order chi connectivity index (χ0) is 33.8. The van der Waals surface area contributed by atoms with Crippen molar-refractivity contribution in [3.63, 3.8) is 0 Å². The van der Waals surface area contributed by atoms with Crippen molar-refractivity contribution in [3.8, 4) is 0 Å². The Morgan fingerprint density at radius 1 is 0.500 bits per heavy atom. The van der Waals surface area contributed by atoms with Crippen molar-refractivity contribution in [1.29, 1.82) is 0 Å². The van der Waals surface area contributed by atoms with Gasteiger partial charge in [-0.2, -0.15) is 0 Å². The molecule has 0 fully saturated rings. The first kappa shape index (κ1) is 45.4. The molecule has 0 spiro atoms. The smallest absolute Gasteiger partial charge is 0.306 e. The Bertz CT molecular complexity index is 581. The molecule has 0 bridgehead atoms. The van der Waals surface area contributed by atoms with Gasteiger partial charge in [0, 0.05) is 13.0 Å². The highest BCUT2D eigenvalue weighted by atomic mass is 16.5. The standard InChI is InChI=1S/C42H85NO3/c1-5-9-12-15-20-25-31-40(32-26-21-16-13-10-6-2)33-27-22-18-19-24-29-36-43(38-39-44)37-30-35-42(45)46-41(8-4)34-28-23-17-14-11-7-3/h40-41,44H,5-39H2,1-4H3. The maximum Gasteiger partial charge on any atom is 0.306 e. The van der Waals surface area contributed by atoms with E-state index in [1.165, 1.54) is 173 Å². The zero-order valence-corrected chi connectivity index (χ0v) is 32.1. The van der Waals surface area contributed by atoms with Gasteiger partial charge in [0.2, 0.25) is 0 Å². The summed E-state index contributed by atoms with van der Waals surface area (Å²) in [6.07, 6.45) is 40.4. The number of hydrogen-bond acceptors (Lipinski definition) is 4. The second-order valence-corrected chi connectivity index (χ2v) is 14.6. The van der Waals surface area contributed by atoms with Crippen LogP contribution >= 0.6 is 0 Å². The fourth-order valence-corrected chi connectivity index (χ4v) is 7.00. The monoisotopic (exact) mass is 652 g/mol. The molecule has 276 valence electrons. The molecular formula is C42H85NO3. The Kier molecular flexibility index (Phi) is 36.7. The summed E-state index contributed by atoms with van der Waals surface area (Å²) >= 11 is 0. The Balaban J connectivity index is 4.09. The van der Waals surface area contributed by atoms with Gasteiger partial charge in [-0.25, -0.2) is 0 Å². The van der Waals surface area contributed by atoms with Crippen molar-refractivity contribution in [2.45, 2.75) is 233 Å². The number of carbonyl (C=O) groups is 1. The molecule has 0 aromatic heterocycles. The highest BCUT2D eigenvalue weighted by Crippen LogP contribution is 2.25. The number of unbranched alkanes of at least 4 members (excludes halogenated alkanes) is 20. The first-order chi connectivity index (χ1) is 22.6. The predicted molar refractivity (Wildman–Crippen MR) is 203 cm³/mol. The van der Waals surface area contributed by atoms with Crippen LogP contribution in [0.4, 0.5) is 0 Å². The van der Waals surface area contributed by atoms with E-state index in [1.54, 1.807) is 0 Å². The molecule has 0 aliphatic carbocycles. The number of nitrogens with zero attached hydrogens (tertiary/aromatic N) is 1. The summed E-state index contributed by atoms with van der Waals surface area (Å²) in [5.74, 6) is 0.929. The van der Waals surface area contributed by atoms with E-state index in [1.807, 2.05) is 0 Å². The molecule has 1 unspecified atom stereocenters. The lowest BCUT2D eigenvalue weighted by atomic mass is 9.89. The summed E-state index contributed by atoms with van der Waals surface area (Å²) in [5, 5.41) is 9.56. The zero-order valence-electron chi connectivity index (χ0n) is 32.1. The number of hydrogen-bond donors (Lipinski definition) is 1. The first-order valence-electron chi connectivity index (χ1n) is 21.1. The molecule has 0 aromatic rings. The molecule has 4 heteroatoms. The van der Waals surface area contributed by atoms with E-state index < -0.39 is 0 Å². The highest BCUT2D eigenvalue weighted by molar-refractivity contribution is 5.69. The van der Waals surface area contributed by atoms with Crippen molar-refractivity contribution in [3.05, 3.63) is 0 Å². The Morgan fingerprint density at radius 3 is 1.33 bits per heavy atom. The second kappa shape index (κ2) is 37.2. The number of aliphatic hydroxyl groups excluding tert-OH is 1. The number of esters is 1. The van der Waals surface area contributed by atoms with Gasteiger partial charge in [-0.05, 0) is 51.1 Å². The summed E-state index contributed by atoms with van der Waals surface area (Å²) in [4.78, 5) is 14.8. The molecule has 1 N–H and O–H groups in total. The van der Waals surface area contributed by atoms with Gasteiger partial charge in [-0.1, -0.05) is 188 Å². The molecule has 0 radical (unpaired) electrons. The van der Waals surface area contributed by atoms with E-state index >= 15 is 0 Å². The van der Waals surface area contributed by atoms with E-state index in [4.69, 9.17) is 4.74 Å². The topological polar surface area (TPSA) is 49.8 Å². The Labute approximate surface area is 290 Å². The van der Waals surface area contributed by atoms with Crippen LogP contribution in [0, 0.1) is 5.92 Å². The van der Waals surface area contributed by atoms with Crippen molar-refractivity contribution < 1.29 is 14.6 Å². The minimum Gasteiger partial charge on any atom is -0.462 e. The minimum absolute atomic E-state index is 0.0389. The Hall–Kier alpha value is -0.610. The third-order valence-corrected chi connectivity index (χ3v) is 10.2. The normalized spacial score (nSPS) is 12.4. The van der Waals surface area contributed by atoms with E-state index in [2.05, 4.69) is 32.6 Å². The largest absolute Gasteiger partial charge is 0.462 e. The second-order valence-electron chi connectivity index (χ2n) is 14.6. The molecule has 0 saturated carbocycles. The van der Waals surface area contributed by atoms with E-state index in [-0.39, 0.29) is 18.7 Å². The third kappa shape index (κ3) is 32.0. The average molecular weight is 652 g/mol. The van der Waals surface area contributed by atoms with Crippen LogP contribution in [0.1, 0.15) is 227 Å². The molecule has 0 aromatic carbocycles. The minimum atomic E-state index is -0.0389. The highest BCUT2D eigenvalue weighted by Gasteiger charge is 2.14. The van der Waals surface area contributed by atoms with Crippen LogP contribution in [-0.4, -0.2) is 48.3 Å². The molecule has 0 aliphatic heterocycles. The predicted octanol–water partition coefficient (Wildman–Crippen LogP) is 13.0. The van der Waals surface area contributed by atoms with Crippen LogP contribution in [0.15, 0.2) is 0 Å². The number of rotatable bonds is 38. The summed E-state index contributed by atoms with van der Waals surface area (Å²) in [6, 6.07) is 0. The number of carbonyl (C=O) groups excluding carboxylic acids is 1. The van der Waals surface area contributed by atoms with Gasteiger partial charge in [0.15, 0.2) is 0 Å². The van der Waals surface area contributed by atoms with E-state index in [0.29, 0.717) is 13.0 Å². The fourth-order valence-electron chi connectivity index (χ4n) is 7.00. The first-order valence-corrected chi connectivity index (χ1v) is 21.1. The van der Waals surface area contributed by atoms with Crippen molar-refractivity contribution in [2.75, 3.05) is 26.2 Å². The molecule has 0 rings (SSSR count). The SMILES string of the molecule is CCCCCCCCC(CCCCCCCC)CCCCCCCCN(CCO)CCCC(=O)OC(CC)CCCCCCCC. The summed E-state index contributed by atoms with van der Waals surface area (Å²) < 4.78 is 5.80. The van der Waals surface area contributed by atoms with E-state index in [0.717, 1.165) is 38.3 Å². The van der Waals surface area contributed by atoms with Crippen LogP contribution < -0.4 is 0 Å². The third-order valence-electron chi connectivity index (χ3n) is 10.2. The van der Waals surface area contributed by atoms with Crippen molar-refractivity contribution >= 4 is 5.97 Å². The average Bonchev–Trinajstić information content (AvgIpc) is 3.05. The van der Waals surface area contributed by atoms with Crippen molar-refractivity contribution in [1.82, 2.24) is 4.90 Å². The molecule has 46 heavy (non-hydrogen) atoms. The molecule has 1 atom stereocenters. The number of ether oxygens (including phenoxy) is 1. The maximum atomic E-state index is 12.5. The molecule has 0 aliphatic rings. The van der Waals surface area contributed by atoms with Gasteiger partial charge in [0.25, 0.3) is 0 Å². The molecule has 0 amide bonds. The van der Waals surface area contributed by atoms with Gasteiger partial charge in [-0.3, -0.25) is 4.79 Å². The lowest BCUT2D eigenvalue weighted by Crippen LogP contribution is -2.29. The van der Waals surface area contributed by atoms with Gasteiger partial charge in [0.05, 0.1) is 6.61 Å². The number of aliphatic hydroxyl groups is 1. The van der Waals surface area contributed by atoms with Crippen LogP contribution in [-0.2, 0) is 9.53 Å². The molecule has 4 nitrogen and oxygen atoms in total. The van der Waals surface area contributed by atoms with Crippen molar-refractivity contribution in [2.24, 2.45) is 5.92 Å². The van der Waals surface area contributed by atoms with Gasteiger partial charge in [0.1, 0.15) is 6.10 Å². The van der Waals surface area contributed by atoms with Gasteiger partial charge >= 0.3 is 5.97 Å². The quantitative estimate of drug-likeness (QED) is 0.0533.